The van der Waals surface area contributed by atoms with Crippen LogP contribution in [0.5, 0.6) is 5.75 Å². The van der Waals surface area contributed by atoms with Gasteiger partial charge < -0.3 is 14.4 Å². The summed E-state index contributed by atoms with van der Waals surface area (Å²) < 4.78 is 10.7. The minimum absolute atomic E-state index is 0.248. The Morgan fingerprint density at radius 2 is 2.09 bits per heavy atom. The van der Waals surface area contributed by atoms with Crippen LogP contribution in [-0.4, -0.2) is 31.6 Å². The molecule has 1 aliphatic heterocycles. The van der Waals surface area contributed by atoms with Gasteiger partial charge in [0.05, 0.1) is 12.2 Å². The number of hydrogen-bond donors (Lipinski definition) is 0. The van der Waals surface area contributed by atoms with Crippen LogP contribution in [0.3, 0.4) is 0 Å². The molecule has 2 heterocycles. The maximum Gasteiger partial charge on any atom is 0.348 e. The predicted molar refractivity (Wildman–Crippen MR) is 88.4 cm³/mol. The SMILES string of the molecule is Cc1ccc2c(c1)N(C(=O)COC(=O)c1ccc(C)s1)CCO2. The van der Waals surface area contributed by atoms with Gasteiger partial charge in [0.15, 0.2) is 6.61 Å². The summed E-state index contributed by atoms with van der Waals surface area (Å²) in [5, 5.41) is 0. The van der Waals surface area contributed by atoms with E-state index in [1.54, 1.807) is 11.0 Å². The second-order valence-electron chi connectivity index (χ2n) is 5.35. The fraction of sp³-hybridized carbons (Fsp3) is 0.294. The Labute approximate surface area is 138 Å². The maximum atomic E-state index is 12.4. The van der Waals surface area contributed by atoms with E-state index >= 15 is 0 Å². The van der Waals surface area contributed by atoms with Crippen molar-refractivity contribution < 1.29 is 19.1 Å². The van der Waals surface area contributed by atoms with Crippen molar-refractivity contribution in [3.63, 3.8) is 0 Å². The van der Waals surface area contributed by atoms with Crippen molar-refractivity contribution >= 4 is 28.9 Å². The molecule has 0 N–H and O–H groups in total. The normalized spacial score (nSPS) is 13.2. The average molecular weight is 331 g/mol. The van der Waals surface area contributed by atoms with E-state index in [9.17, 15) is 9.59 Å². The number of amides is 1. The van der Waals surface area contributed by atoms with Crippen LogP contribution < -0.4 is 9.64 Å². The number of carbonyl (C=O) groups is 2. The van der Waals surface area contributed by atoms with Crippen molar-refractivity contribution in [2.24, 2.45) is 0 Å². The summed E-state index contributed by atoms with van der Waals surface area (Å²) in [7, 11) is 0. The van der Waals surface area contributed by atoms with Gasteiger partial charge in [0.1, 0.15) is 17.2 Å². The van der Waals surface area contributed by atoms with E-state index < -0.39 is 5.97 Å². The number of fused-ring (bicyclic) bond motifs is 1. The Hall–Kier alpha value is -2.34. The van der Waals surface area contributed by atoms with Crippen LogP contribution in [0.25, 0.3) is 0 Å². The number of thiophene rings is 1. The number of nitrogens with zero attached hydrogens (tertiary/aromatic N) is 1. The molecule has 1 aromatic heterocycles. The van der Waals surface area contributed by atoms with Crippen LogP contribution >= 0.6 is 11.3 Å². The van der Waals surface area contributed by atoms with Gasteiger partial charge in [0, 0.05) is 4.88 Å². The third kappa shape index (κ3) is 3.37. The molecule has 1 aromatic carbocycles. The molecule has 0 spiro atoms. The van der Waals surface area contributed by atoms with Gasteiger partial charge in [-0.1, -0.05) is 6.07 Å². The summed E-state index contributed by atoms with van der Waals surface area (Å²) in [4.78, 5) is 27.5. The highest BCUT2D eigenvalue weighted by molar-refractivity contribution is 7.13. The smallest absolute Gasteiger partial charge is 0.348 e. The highest BCUT2D eigenvalue weighted by Crippen LogP contribution is 2.32. The van der Waals surface area contributed by atoms with Gasteiger partial charge in [-0.25, -0.2) is 4.79 Å². The third-order valence-electron chi connectivity index (χ3n) is 3.55. The molecule has 0 saturated heterocycles. The van der Waals surface area contributed by atoms with E-state index in [1.807, 2.05) is 38.1 Å². The average Bonchev–Trinajstić information content (AvgIpc) is 2.98. The summed E-state index contributed by atoms with van der Waals surface area (Å²) in [5.41, 5.74) is 1.77. The molecule has 0 aliphatic carbocycles. The monoisotopic (exact) mass is 331 g/mol. The van der Waals surface area contributed by atoms with Crippen molar-refractivity contribution in [3.8, 4) is 5.75 Å². The highest BCUT2D eigenvalue weighted by atomic mass is 32.1. The first-order valence-corrected chi connectivity index (χ1v) is 8.13. The summed E-state index contributed by atoms with van der Waals surface area (Å²) in [6.45, 7) is 4.48. The molecule has 0 radical (unpaired) electrons. The van der Waals surface area contributed by atoms with E-state index in [2.05, 4.69) is 0 Å². The number of carbonyl (C=O) groups excluding carboxylic acids is 2. The van der Waals surface area contributed by atoms with Gasteiger partial charge in [-0.15, -0.1) is 11.3 Å². The first-order valence-electron chi connectivity index (χ1n) is 7.32. The van der Waals surface area contributed by atoms with Crippen LogP contribution in [0.2, 0.25) is 0 Å². The number of hydrogen-bond acceptors (Lipinski definition) is 5. The number of aryl methyl sites for hydroxylation is 2. The van der Waals surface area contributed by atoms with Gasteiger partial charge in [0.25, 0.3) is 5.91 Å². The summed E-state index contributed by atoms with van der Waals surface area (Å²) in [5.74, 6) is -0.0358. The zero-order valence-corrected chi connectivity index (χ0v) is 13.8. The largest absolute Gasteiger partial charge is 0.490 e. The van der Waals surface area contributed by atoms with Crippen LogP contribution in [0, 0.1) is 13.8 Å². The Bertz CT molecular complexity index is 753. The van der Waals surface area contributed by atoms with E-state index in [0.29, 0.717) is 23.8 Å². The molecule has 5 nitrogen and oxygen atoms in total. The molecule has 1 amide bonds. The fourth-order valence-electron chi connectivity index (χ4n) is 2.41. The van der Waals surface area contributed by atoms with Crippen molar-refractivity contribution in [2.75, 3.05) is 24.7 Å². The molecular weight excluding hydrogens is 314 g/mol. The lowest BCUT2D eigenvalue weighted by Crippen LogP contribution is -2.40. The van der Waals surface area contributed by atoms with Gasteiger partial charge in [-0.2, -0.15) is 0 Å². The van der Waals surface area contributed by atoms with E-state index in [1.165, 1.54) is 11.3 Å². The molecule has 6 heteroatoms. The van der Waals surface area contributed by atoms with Gasteiger partial charge in [-0.3, -0.25) is 4.79 Å². The van der Waals surface area contributed by atoms with Gasteiger partial charge >= 0.3 is 5.97 Å². The van der Waals surface area contributed by atoms with E-state index in [4.69, 9.17) is 9.47 Å². The van der Waals surface area contributed by atoms with Crippen LogP contribution in [0.1, 0.15) is 20.1 Å². The molecule has 1 aliphatic rings. The van der Waals surface area contributed by atoms with Crippen molar-refractivity contribution in [1.29, 1.82) is 0 Å². The first kappa shape index (κ1) is 15.6. The quantitative estimate of drug-likeness (QED) is 0.812. The van der Waals surface area contributed by atoms with E-state index in [0.717, 1.165) is 16.1 Å². The molecule has 0 fully saturated rings. The van der Waals surface area contributed by atoms with Gasteiger partial charge in [0.2, 0.25) is 0 Å². The van der Waals surface area contributed by atoms with Crippen molar-refractivity contribution in [3.05, 3.63) is 45.6 Å². The Kier molecular flexibility index (Phi) is 4.34. The molecular formula is C17H17NO4S. The Balaban J connectivity index is 1.68. The summed E-state index contributed by atoms with van der Waals surface area (Å²) in [6, 6.07) is 9.25. The topological polar surface area (TPSA) is 55.8 Å². The third-order valence-corrected chi connectivity index (χ3v) is 4.53. The molecule has 0 unspecified atom stereocenters. The first-order chi connectivity index (χ1) is 11.0. The highest BCUT2D eigenvalue weighted by Gasteiger charge is 2.25. The van der Waals surface area contributed by atoms with Crippen molar-refractivity contribution in [2.45, 2.75) is 13.8 Å². The number of ether oxygens (including phenoxy) is 2. The lowest BCUT2D eigenvalue weighted by Gasteiger charge is -2.29. The number of anilines is 1. The maximum absolute atomic E-state index is 12.4. The molecule has 3 rings (SSSR count). The number of rotatable bonds is 3. The summed E-state index contributed by atoms with van der Waals surface area (Å²) >= 11 is 1.35. The number of esters is 1. The lowest BCUT2D eigenvalue weighted by molar-refractivity contribution is -0.121. The number of benzene rings is 1. The molecule has 120 valence electrons. The fourth-order valence-corrected chi connectivity index (χ4v) is 3.17. The molecule has 23 heavy (non-hydrogen) atoms. The Morgan fingerprint density at radius 3 is 2.83 bits per heavy atom. The zero-order chi connectivity index (χ0) is 16.4. The second-order valence-corrected chi connectivity index (χ2v) is 6.64. The predicted octanol–water partition coefficient (Wildman–Crippen LogP) is 2.95. The molecule has 0 bridgehead atoms. The van der Waals surface area contributed by atoms with Crippen molar-refractivity contribution in [1.82, 2.24) is 0 Å². The molecule has 2 aromatic rings. The molecule has 0 atom stereocenters. The summed E-state index contributed by atoms with van der Waals surface area (Å²) in [6.07, 6.45) is 0. The lowest BCUT2D eigenvalue weighted by atomic mass is 10.1. The van der Waals surface area contributed by atoms with Crippen LogP contribution in [0.15, 0.2) is 30.3 Å². The zero-order valence-electron chi connectivity index (χ0n) is 13.0. The second kappa shape index (κ2) is 6.42. The van der Waals surface area contributed by atoms with Gasteiger partial charge in [-0.05, 0) is 43.7 Å². The van der Waals surface area contributed by atoms with Crippen LogP contribution in [0.4, 0.5) is 5.69 Å². The minimum atomic E-state index is -0.464. The minimum Gasteiger partial charge on any atom is -0.490 e. The van der Waals surface area contributed by atoms with E-state index in [-0.39, 0.29) is 12.5 Å². The standard InChI is InChI=1S/C17H17NO4S/c1-11-3-5-14-13(9-11)18(7-8-21-14)16(19)10-22-17(20)15-6-4-12(2)23-15/h3-6,9H,7-8,10H2,1-2H3. The Morgan fingerprint density at radius 1 is 1.26 bits per heavy atom. The van der Waals surface area contributed by atoms with Crippen LogP contribution in [-0.2, 0) is 9.53 Å². The molecule has 0 saturated carbocycles.